The molecule has 4 aromatic rings. The third-order valence-corrected chi connectivity index (χ3v) is 9.43. The molecule has 0 atom stereocenters. The Morgan fingerprint density at radius 2 is 1.42 bits per heavy atom. The van der Waals surface area contributed by atoms with Crippen molar-refractivity contribution in [1.82, 2.24) is 4.98 Å². The molecule has 5 nitrogen and oxygen atoms in total. The van der Waals surface area contributed by atoms with E-state index in [9.17, 15) is 21.2 Å². The van der Waals surface area contributed by atoms with Crippen molar-refractivity contribution in [2.24, 2.45) is 0 Å². The van der Waals surface area contributed by atoms with Crippen LogP contribution in [0, 0.1) is 5.82 Å². The minimum Gasteiger partial charge on any atom is -0.224 e. The van der Waals surface area contributed by atoms with Gasteiger partial charge in [-0.1, -0.05) is 35.9 Å². The standard InChI is InChI=1S/C23H17ClFNO4S3/c1-32(27,28)20-12-6-17(7-13-20)22-21(16-4-10-19(25)11-5-16)26-23(31-22)33(29,30)14-15-2-8-18(24)9-3-15/h2-13H,14H2,1H3. The van der Waals surface area contributed by atoms with E-state index in [-0.39, 0.29) is 15.0 Å². The first-order valence-corrected chi connectivity index (χ1v) is 14.3. The lowest BCUT2D eigenvalue weighted by atomic mass is 10.1. The quantitative estimate of drug-likeness (QED) is 0.327. The van der Waals surface area contributed by atoms with Gasteiger partial charge in [0.05, 0.1) is 21.2 Å². The summed E-state index contributed by atoms with van der Waals surface area (Å²) >= 11 is 6.87. The van der Waals surface area contributed by atoms with E-state index in [4.69, 9.17) is 11.6 Å². The van der Waals surface area contributed by atoms with Crippen LogP contribution in [0.4, 0.5) is 4.39 Å². The highest BCUT2D eigenvalue weighted by molar-refractivity contribution is 7.92. The number of hydrogen-bond acceptors (Lipinski definition) is 6. The Balaban J connectivity index is 1.81. The Morgan fingerprint density at radius 1 is 0.848 bits per heavy atom. The molecule has 0 unspecified atom stereocenters. The van der Waals surface area contributed by atoms with Gasteiger partial charge >= 0.3 is 0 Å². The van der Waals surface area contributed by atoms with Crippen molar-refractivity contribution in [2.45, 2.75) is 15.0 Å². The van der Waals surface area contributed by atoms with Gasteiger partial charge in [-0.15, -0.1) is 11.3 Å². The van der Waals surface area contributed by atoms with Crippen LogP contribution in [0.3, 0.4) is 0 Å². The van der Waals surface area contributed by atoms with Crippen LogP contribution in [-0.4, -0.2) is 28.1 Å². The van der Waals surface area contributed by atoms with Crippen LogP contribution >= 0.6 is 22.9 Å². The Labute approximate surface area is 200 Å². The van der Waals surface area contributed by atoms with E-state index in [0.717, 1.165) is 17.6 Å². The molecule has 0 bridgehead atoms. The van der Waals surface area contributed by atoms with Crippen molar-refractivity contribution in [3.63, 3.8) is 0 Å². The summed E-state index contributed by atoms with van der Waals surface area (Å²) in [5.74, 6) is -0.684. The van der Waals surface area contributed by atoms with Crippen molar-refractivity contribution >= 4 is 42.6 Å². The van der Waals surface area contributed by atoms with E-state index in [1.807, 2.05) is 0 Å². The molecule has 0 spiro atoms. The molecule has 0 aliphatic rings. The molecule has 4 rings (SSSR count). The summed E-state index contributed by atoms with van der Waals surface area (Å²) in [6.07, 6.45) is 1.11. The number of rotatable bonds is 6. The van der Waals surface area contributed by atoms with Gasteiger partial charge in [0.15, 0.2) is 9.84 Å². The fourth-order valence-corrected chi connectivity index (χ4v) is 6.65. The van der Waals surface area contributed by atoms with Crippen LogP contribution in [0.5, 0.6) is 0 Å². The summed E-state index contributed by atoms with van der Waals surface area (Å²) in [4.78, 5) is 5.09. The van der Waals surface area contributed by atoms with Crippen LogP contribution in [0.2, 0.25) is 5.02 Å². The number of nitrogens with zero attached hydrogens (tertiary/aromatic N) is 1. The van der Waals surface area contributed by atoms with E-state index in [2.05, 4.69) is 4.98 Å². The van der Waals surface area contributed by atoms with Crippen molar-refractivity contribution in [1.29, 1.82) is 0 Å². The van der Waals surface area contributed by atoms with Gasteiger partial charge in [-0.25, -0.2) is 26.2 Å². The van der Waals surface area contributed by atoms with Crippen LogP contribution in [0.25, 0.3) is 21.7 Å². The summed E-state index contributed by atoms with van der Waals surface area (Å²) in [5, 5.41) is 0.504. The Bertz CT molecular complexity index is 1510. The summed E-state index contributed by atoms with van der Waals surface area (Å²) < 4.78 is 63.2. The number of sulfone groups is 2. The van der Waals surface area contributed by atoms with Crippen molar-refractivity contribution in [3.05, 3.63) is 89.2 Å². The zero-order chi connectivity index (χ0) is 23.8. The maximum atomic E-state index is 13.5. The second-order valence-corrected chi connectivity index (χ2v) is 13.0. The van der Waals surface area contributed by atoms with Crippen LogP contribution < -0.4 is 0 Å². The number of thiazole rings is 1. The fourth-order valence-electron chi connectivity index (χ4n) is 3.15. The predicted molar refractivity (Wildman–Crippen MR) is 128 cm³/mol. The Hall–Kier alpha value is -2.59. The molecule has 0 saturated carbocycles. The molecule has 0 saturated heterocycles. The molecule has 0 N–H and O–H groups in total. The van der Waals surface area contributed by atoms with E-state index >= 15 is 0 Å². The minimum absolute atomic E-state index is 0.0843. The average molecular weight is 522 g/mol. The highest BCUT2D eigenvalue weighted by Crippen LogP contribution is 2.39. The van der Waals surface area contributed by atoms with Gasteiger partial charge in [0.1, 0.15) is 5.82 Å². The molecule has 0 amide bonds. The second-order valence-electron chi connectivity index (χ2n) is 7.35. The first-order chi connectivity index (χ1) is 15.5. The lowest BCUT2D eigenvalue weighted by Crippen LogP contribution is -2.04. The lowest BCUT2D eigenvalue weighted by molar-refractivity contribution is 0.594. The van der Waals surface area contributed by atoms with E-state index in [1.165, 1.54) is 36.4 Å². The van der Waals surface area contributed by atoms with Crippen LogP contribution in [-0.2, 0) is 25.4 Å². The van der Waals surface area contributed by atoms with Crippen molar-refractivity contribution in [3.8, 4) is 21.7 Å². The van der Waals surface area contributed by atoms with Gasteiger partial charge in [-0.3, -0.25) is 0 Å². The molecule has 10 heteroatoms. The van der Waals surface area contributed by atoms with Crippen LogP contribution in [0.15, 0.2) is 82.0 Å². The molecule has 1 heterocycles. The smallest absolute Gasteiger partial charge is 0.210 e. The van der Waals surface area contributed by atoms with Crippen molar-refractivity contribution < 1.29 is 21.2 Å². The van der Waals surface area contributed by atoms with Gasteiger partial charge in [-0.2, -0.15) is 0 Å². The van der Waals surface area contributed by atoms with Gasteiger partial charge in [0.25, 0.3) is 0 Å². The zero-order valence-corrected chi connectivity index (χ0v) is 20.4. The maximum absolute atomic E-state index is 13.5. The summed E-state index contributed by atoms with van der Waals surface area (Å²) in [7, 11) is -7.17. The molecule has 170 valence electrons. The predicted octanol–water partition coefficient (Wildman–Crippen LogP) is 5.65. The van der Waals surface area contributed by atoms with E-state index in [0.29, 0.717) is 32.3 Å². The molecule has 0 aliphatic carbocycles. The Morgan fingerprint density at radius 3 is 2.00 bits per heavy atom. The first-order valence-electron chi connectivity index (χ1n) is 9.57. The number of benzene rings is 3. The highest BCUT2D eigenvalue weighted by atomic mass is 35.5. The topological polar surface area (TPSA) is 81.2 Å². The molecular weight excluding hydrogens is 505 g/mol. The normalized spacial score (nSPS) is 12.1. The molecule has 3 aromatic carbocycles. The third kappa shape index (κ3) is 5.33. The molecule has 0 aliphatic heterocycles. The monoisotopic (exact) mass is 521 g/mol. The molecular formula is C23H17ClFNO4S3. The summed E-state index contributed by atoms with van der Waals surface area (Å²) in [6.45, 7) is 0. The second kappa shape index (κ2) is 8.98. The minimum atomic E-state index is -3.79. The van der Waals surface area contributed by atoms with Gasteiger partial charge in [0.2, 0.25) is 14.2 Å². The highest BCUT2D eigenvalue weighted by Gasteiger charge is 2.25. The fraction of sp³-hybridized carbons (Fsp3) is 0.0870. The van der Waals surface area contributed by atoms with E-state index in [1.54, 1.807) is 36.4 Å². The number of hydrogen-bond donors (Lipinski definition) is 0. The SMILES string of the molecule is CS(=O)(=O)c1ccc(-c2sc(S(=O)(=O)Cc3ccc(Cl)cc3)nc2-c2ccc(F)cc2)cc1. The third-order valence-electron chi connectivity index (χ3n) is 4.81. The summed E-state index contributed by atoms with van der Waals surface area (Å²) in [6, 6.07) is 18.2. The van der Waals surface area contributed by atoms with Crippen molar-refractivity contribution in [2.75, 3.05) is 6.26 Å². The van der Waals surface area contributed by atoms with E-state index < -0.39 is 25.5 Å². The largest absolute Gasteiger partial charge is 0.224 e. The number of aromatic nitrogens is 1. The molecule has 33 heavy (non-hydrogen) atoms. The van der Waals surface area contributed by atoms with Gasteiger partial charge in [-0.05, 0) is 59.7 Å². The van der Waals surface area contributed by atoms with Crippen LogP contribution in [0.1, 0.15) is 5.56 Å². The number of halogens is 2. The Kier molecular flexibility index (Phi) is 6.41. The zero-order valence-electron chi connectivity index (χ0n) is 17.2. The lowest BCUT2D eigenvalue weighted by Gasteiger charge is -2.04. The van der Waals surface area contributed by atoms with Gasteiger partial charge in [0, 0.05) is 16.8 Å². The van der Waals surface area contributed by atoms with Gasteiger partial charge < -0.3 is 0 Å². The average Bonchev–Trinajstić information content (AvgIpc) is 3.22. The first kappa shape index (κ1) is 23.6. The summed E-state index contributed by atoms with van der Waals surface area (Å²) in [5.41, 5.74) is 2.09. The maximum Gasteiger partial charge on any atom is 0.210 e. The molecule has 0 fully saturated rings. The molecule has 0 radical (unpaired) electrons. The molecule has 1 aromatic heterocycles.